The fourth-order valence-electron chi connectivity index (χ4n) is 9.70. The first kappa shape index (κ1) is 35.2. The molecule has 1 nitrogen and oxygen atoms in total. The standard InChI is InChI=1S/C57H39NS2/c1-57(2)50-20-8-6-15-49(50)53-51(57)35-34-48-47-19-11-17-44(55(47)60-56(48)53)39-26-32-42(33-27-39)58(40-28-22-37(23-29-40)36-12-4-3-5-13-36)41-30-24-38(25-31-41)43-16-10-18-46-45-14-7-9-21-52(45)59-54(43)46/h3-35H,1-2H3. The first-order valence-electron chi connectivity index (χ1n) is 20.7. The van der Waals surface area contributed by atoms with Gasteiger partial charge in [-0.2, -0.15) is 0 Å². The van der Waals surface area contributed by atoms with Crippen molar-refractivity contribution in [3.05, 3.63) is 211 Å². The molecule has 0 bridgehead atoms. The van der Waals surface area contributed by atoms with Crippen molar-refractivity contribution in [1.82, 2.24) is 0 Å². The third-order valence-corrected chi connectivity index (χ3v) is 15.2. The predicted molar refractivity (Wildman–Crippen MR) is 261 cm³/mol. The number of rotatable bonds is 6. The minimum Gasteiger partial charge on any atom is -0.311 e. The summed E-state index contributed by atoms with van der Waals surface area (Å²) in [6.07, 6.45) is 0. The zero-order valence-electron chi connectivity index (χ0n) is 33.3. The van der Waals surface area contributed by atoms with E-state index in [-0.39, 0.29) is 5.41 Å². The van der Waals surface area contributed by atoms with Crippen LogP contribution in [0, 0.1) is 0 Å². The molecule has 9 aromatic carbocycles. The lowest BCUT2D eigenvalue weighted by Gasteiger charge is -2.26. The Morgan fingerprint density at radius 1 is 0.333 bits per heavy atom. The highest BCUT2D eigenvalue weighted by molar-refractivity contribution is 7.27. The molecular weight excluding hydrogens is 763 g/mol. The van der Waals surface area contributed by atoms with Crippen LogP contribution in [-0.4, -0.2) is 0 Å². The monoisotopic (exact) mass is 801 g/mol. The smallest absolute Gasteiger partial charge is 0.0462 e. The molecule has 2 aromatic heterocycles. The summed E-state index contributed by atoms with van der Waals surface area (Å²) < 4.78 is 5.39. The topological polar surface area (TPSA) is 3.24 Å². The molecule has 1 aliphatic carbocycles. The van der Waals surface area contributed by atoms with E-state index < -0.39 is 0 Å². The van der Waals surface area contributed by atoms with Crippen LogP contribution in [0.3, 0.4) is 0 Å². The van der Waals surface area contributed by atoms with Gasteiger partial charge in [-0.25, -0.2) is 0 Å². The zero-order valence-corrected chi connectivity index (χ0v) is 34.9. The van der Waals surface area contributed by atoms with Gasteiger partial charge in [-0.05, 0) is 92.5 Å². The number of thiophene rings is 2. The minimum absolute atomic E-state index is 0.0176. The van der Waals surface area contributed by atoms with E-state index >= 15 is 0 Å². The Morgan fingerprint density at radius 3 is 1.48 bits per heavy atom. The molecule has 0 amide bonds. The molecule has 0 radical (unpaired) electrons. The Hall–Kier alpha value is -6.78. The normalized spacial score (nSPS) is 13.0. The van der Waals surface area contributed by atoms with Gasteiger partial charge in [-0.15, -0.1) is 22.7 Å². The van der Waals surface area contributed by atoms with Gasteiger partial charge in [0.05, 0.1) is 0 Å². The Bertz CT molecular complexity index is 3420. The second kappa shape index (κ2) is 13.6. The van der Waals surface area contributed by atoms with Crippen LogP contribution in [0.1, 0.15) is 25.0 Å². The summed E-state index contributed by atoms with van der Waals surface area (Å²) in [5.74, 6) is 0. The van der Waals surface area contributed by atoms with Crippen LogP contribution in [-0.2, 0) is 5.41 Å². The second-order valence-electron chi connectivity index (χ2n) is 16.4. The lowest BCUT2D eigenvalue weighted by Crippen LogP contribution is -2.14. The number of nitrogens with zero attached hydrogens (tertiary/aromatic N) is 1. The van der Waals surface area contributed by atoms with Gasteiger partial charge in [-0.1, -0.05) is 172 Å². The van der Waals surface area contributed by atoms with Crippen LogP contribution in [0.2, 0.25) is 0 Å². The number of benzene rings is 9. The number of anilines is 3. The van der Waals surface area contributed by atoms with Crippen molar-refractivity contribution in [2.24, 2.45) is 0 Å². The maximum Gasteiger partial charge on any atom is 0.0462 e. The van der Waals surface area contributed by atoms with E-state index in [0.717, 1.165) is 17.1 Å². The van der Waals surface area contributed by atoms with Crippen molar-refractivity contribution in [2.45, 2.75) is 19.3 Å². The highest BCUT2D eigenvalue weighted by Gasteiger charge is 2.36. The molecule has 0 fully saturated rings. The van der Waals surface area contributed by atoms with Gasteiger partial charge in [0, 0.05) is 68.4 Å². The van der Waals surface area contributed by atoms with Crippen LogP contribution in [0.25, 0.3) is 84.9 Å². The molecule has 60 heavy (non-hydrogen) atoms. The third-order valence-electron chi connectivity index (χ3n) is 12.7. The van der Waals surface area contributed by atoms with Gasteiger partial charge in [-0.3, -0.25) is 0 Å². The lowest BCUT2D eigenvalue weighted by atomic mass is 9.82. The van der Waals surface area contributed by atoms with E-state index in [1.54, 1.807) is 0 Å². The van der Waals surface area contributed by atoms with Crippen molar-refractivity contribution in [3.63, 3.8) is 0 Å². The van der Waals surface area contributed by atoms with E-state index in [0.29, 0.717) is 0 Å². The van der Waals surface area contributed by atoms with Crippen LogP contribution >= 0.6 is 22.7 Å². The molecule has 12 rings (SSSR count). The molecule has 0 atom stereocenters. The fraction of sp³-hybridized carbons (Fsp3) is 0.0526. The summed E-state index contributed by atoms with van der Waals surface area (Å²) in [5.41, 5.74) is 16.4. The summed E-state index contributed by atoms with van der Waals surface area (Å²) in [7, 11) is 0. The molecule has 0 unspecified atom stereocenters. The molecule has 0 saturated carbocycles. The average Bonchev–Trinajstić information content (AvgIpc) is 3.95. The van der Waals surface area contributed by atoms with Gasteiger partial charge in [0.25, 0.3) is 0 Å². The van der Waals surface area contributed by atoms with E-state index in [2.05, 4.69) is 219 Å². The Kier molecular flexibility index (Phi) is 8.00. The van der Waals surface area contributed by atoms with Crippen LogP contribution < -0.4 is 4.90 Å². The minimum atomic E-state index is -0.0176. The molecule has 1 aliphatic rings. The maximum absolute atomic E-state index is 2.38. The molecule has 0 spiro atoms. The van der Waals surface area contributed by atoms with Crippen molar-refractivity contribution < 1.29 is 0 Å². The van der Waals surface area contributed by atoms with Crippen molar-refractivity contribution in [1.29, 1.82) is 0 Å². The second-order valence-corrected chi connectivity index (χ2v) is 18.5. The maximum atomic E-state index is 2.38. The largest absolute Gasteiger partial charge is 0.311 e. The Morgan fingerprint density at radius 2 is 0.817 bits per heavy atom. The van der Waals surface area contributed by atoms with E-state index in [1.165, 1.54) is 96.0 Å². The molecule has 11 aromatic rings. The van der Waals surface area contributed by atoms with E-state index in [4.69, 9.17) is 0 Å². The molecule has 3 heteroatoms. The third kappa shape index (κ3) is 5.43. The summed E-state index contributed by atoms with van der Waals surface area (Å²) in [5, 5.41) is 5.32. The van der Waals surface area contributed by atoms with Crippen LogP contribution in [0.4, 0.5) is 17.1 Å². The Labute approximate surface area is 358 Å². The fourth-order valence-corrected chi connectivity index (χ4v) is 12.3. The molecular formula is C57H39NS2. The molecule has 284 valence electrons. The van der Waals surface area contributed by atoms with Gasteiger partial charge < -0.3 is 4.90 Å². The summed E-state index contributed by atoms with van der Waals surface area (Å²) in [6, 6.07) is 73.9. The number of hydrogen-bond donors (Lipinski definition) is 0. The quantitative estimate of drug-likeness (QED) is 0.162. The molecule has 0 N–H and O–H groups in total. The van der Waals surface area contributed by atoms with Crippen molar-refractivity contribution >= 4 is 80.1 Å². The van der Waals surface area contributed by atoms with Crippen LogP contribution in [0.15, 0.2) is 200 Å². The van der Waals surface area contributed by atoms with Crippen LogP contribution in [0.5, 0.6) is 0 Å². The number of fused-ring (bicyclic) bond motifs is 10. The molecule has 0 saturated heterocycles. The number of hydrogen-bond acceptors (Lipinski definition) is 3. The van der Waals surface area contributed by atoms with E-state index in [1.807, 2.05) is 22.7 Å². The first-order valence-corrected chi connectivity index (χ1v) is 22.3. The van der Waals surface area contributed by atoms with Gasteiger partial charge in [0.1, 0.15) is 0 Å². The van der Waals surface area contributed by atoms with E-state index in [9.17, 15) is 0 Å². The summed E-state index contributed by atoms with van der Waals surface area (Å²) in [4.78, 5) is 2.38. The Balaban J connectivity index is 0.950. The van der Waals surface area contributed by atoms with Gasteiger partial charge >= 0.3 is 0 Å². The average molecular weight is 802 g/mol. The van der Waals surface area contributed by atoms with Gasteiger partial charge in [0.15, 0.2) is 0 Å². The molecule has 2 heterocycles. The SMILES string of the molecule is CC1(C)c2ccccc2-c2c1ccc1c2sc2c(-c3ccc(N(c4ccc(-c5ccccc5)cc4)c4ccc(-c5cccc6c5sc5ccccc56)cc4)cc3)cccc21. The zero-order chi connectivity index (χ0) is 40.0. The predicted octanol–water partition coefficient (Wildman–Crippen LogP) is 17.2. The van der Waals surface area contributed by atoms with Gasteiger partial charge in [0.2, 0.25) is 0 Å². The lowest BCUT2D eigenvalue weighted by molar-refractivity contribution is 0.661. The highest BCUT2D eigenvalue weighted by Crippen LogP contribution is 2.54. The van der Waals surface area contributed by atoms with Crippen molar-refractivity contribution in [3.8, 4) is 44.5 Å². The summed E-state index contributed by atoms with van der Waals surface area (Å²) in [6.45, 7) is 4.73. The molecule has 0 aliphatic heterocycles. The summed E-state index contributed by atoms with van der Waals surface area (Å²) >= 11 is 3.83. The highest BCUT2D eigenvalue weighted by atomic mass is 32.1. The first-order chi connectivity index (χ1) is 29.5. The van der Waals surface area contributed by atoms with Crippen molar-refractivity contribution in [2.75, 3.05) is 4.90 Å².